The topological polar surface area (TPSA) is 91.6 Å². The molecule has 2 heterocycles. The highest BCUT2D eigenvalue weighted by atomic mass is 32.2. The van der Waals surface area contributed by atoms with Crippen LogP contribution in [0.15, 0.2) is 64.1 Å². The number of aromatic nitrogens is 2. The van der Waals surface area contributed by atoms with Crippen molar-refractivity contribution in [1.29, 1.82) is 0 Å². The van der Waals surface area contributed by atoms with Crippen molar-refractivity contribution in [1.82, 2.24) is 24.7 Å². The average Bonchev–Trinajstić information content (AvgIpc) is 3.43. The van der Waals surface area contributed by atoms with E-state index in [9.17, 15) is 8.42 Å². The van der Waals surface area contributed by atoms with Crippen LogP contribution in [0.1, 0.15) is 10.4 Å². The summed E-state index contributed by atoms with van der Waals surface area (Å²) in [6, 6.07) is 13.6. The molecule has 0 spiro atoms. The number of nitrogens with one attached hydrogen (secondary N) is 2. The highest BCUT2D eigenvalue weighted by Gasteiger charge is 2.19. The lowest BCUT2D eigenvalue weighted by atomic mass is 10.1. The van der Waals surface area contributed by atoms with Gasteiger partial charge in [-0.3, -0.25) is 4.99 Å². The van der Waals surface area contributed by atoms with Gasteiger partial charge in [0.05, 0.1) is 12.2 Å². The first-order valence-electron chi connectivity index (χ1n) is 9.45. The number of hydrogen-bond acceptors (Lipinski definition) is 5. The molecule has 0 saturated carbocycles. The third kappa shape index (κ3) is 5.47. The molecular weight excluding hydrogens is 420 g/mol. The Hall–Kier alpha value is -2.69. The van der Waals surface area contributed by atoms with Crippen molar-refractivity contribution in [3.8, 4) is 5.69 Å². The molecule has 3 rings (SSSR count). The minimum Gasteiger partial charge on any atom is -0.356 e. The fraction of sp³-hybridized carbons (Fsp3) is 0.300. The molecule has 160 valence electrons. The zero-order chi connectivity index (χ0) is 21.6. The van der Waals surface area contributed by atoms with E-state index >= 15 is 0 Å². The highest BCUT2D eigenvalue weighted by molar-refractivity contribution is 7.91. The van der Waals surface area contributed by atoms with Gasteiger partial charge in [0.15, 0.2) is 5.96 Å². The molecule has 10 heteroatoms. The average molecular weight is 447 g/mol. The third-order valence-electron chi connectivity index (χ3n) is 4.44. The van der Waals surface area contributed by atoms with E-state index in [1.165, 1.54) is 35.3 Å². The zero-order valence-electron chi connectivity index (χ0n) is 17.2. The molecule has 2 N–H and O–H groups in total. The van der Waals surface area contributed by atoms with E-state index in [0.717, 1.165) is 23.5 Å². The molecule has 0 bridgehead atoms. The minimum absolute atomic E-state index is 0.339. The normalized spacial score (nSPS) is 12.3. The Morgan fingerprint density at radius 2 is 1.93 bits per heavy atom. The van der Waals surface area contributed by atoms with Gasteiger partial charge in [-0.2, -0.15) is 5.10 Å². The Kier molecular flexibility index (Phi) is 7.24. The van der Waals surface area contributed by atoms with Crippen LogP contribution >= 0.6 is 11.3 Å². The molecule has 0 saturated heterocycles. The van der Waals surface area contributed by atoms with Crippen LogP contribution in [0.4, 0.5) is 0 Å². The van der Waals surface area contributed by atoms with Crippen LogP contribution in [0.5, 0.6) is 0 Å². The summed E-state index contributed by atoms with van der Waals surface area (Å²) >= 11 is 1.26. The van der Waals surface area contributed by atoms with Crippen molar-refractivity contribution in [2.45, 2.75) is 17.2 Å². The van der Waals surface area contributed by atoms with Crippen LogP contribution < -0.4 is 10.6 Å². The largest absolute Gasteiger partial charge is 0.356 e. The SMILES string of the molecule is CN=C(NCCc1ccc(-n2cccn2)cc1)NCc1ccc(S(=O)(=O)N(C)C)s1. The van der Waals surface area contributed by atoms with Gasteiger partial charge in [0, 0.05) is 45.0 Å². The smallest absolute Gasteiger partial charge is 0.252 e. The summed E-state index contributed by atoms with van der Waals surface area (Å²) in [4.78, 5) is 5.15. The molecule has 2 aromatic heterocycles. The summed E-state index contributed by atoms with van der Waals surface area (Å²) in [5, 5.41) is 10.7. The Balaban J connectivity index is 1.47. The fourth-order valence-corrected chi connectivity index (χ4v) is 5.19. The Morgan fingerprint density at radius 3 is 2.57 bits per heavy atom. The number of hydrogen-bond donors (Lipinski definition) is 2. The number of rotatable bonds is 8. The summed E-state index contributed by atoms with van der Waals surface area (Å²) in [5.74, 6) is 0.675. The number of aliphatic imine (C=N–C) groups is 1. The number of guanidine groups is 1. The lowest BCUT2D eigenvalue weighted by molar-refractivity contribution is 0.523. The molecule has 3 aromatic rings. The van der Waals surface area contributed by atoms with Gasteiger partial charge >= 0.3 is 0 Å². The van der Waals surface area contributed by atoms with Crippen molar-refractivity contribution in [3.63, 3.8) is 0 Å². The van der Waals surface area contributed by atoms with E-state index in [1.807, 2.05) is 35.1 Å². The minimum atomic E-state index is -3.39. The molecular formula is C20H26N6O2S2. The van der Waals surface area contributed by atoms with E-state index < -0.39 is 10.0 Å². The van der Waals surface area contributed by atoms with Gasteiger partial charge in [0.1, 0.15) is 4.21 Å². The number of benzene rings is 1. The summed E-state index contributed by atoms with van der Waals surface area (Å²) in [5.41, 5.74) is 2.24. The Labute approximate surface area is 181 Å². The molecule has 0 radical (unpaired) electrons. The second-order valence-corrected chi connectivity index (χ2v) is 10.3. The number of sulfonamides is 1. The first-order chi connectivity index (χ1) is 14.4. The van der Waals surface area contributed by atoms with Gasteiger partial charge in [-0.05, 0) is 42.3 Å². The molecule has 0 amide bonds. The van der Waals surface area contributed by atoms with Gasteiger partial charge in [-0.1, -0.05) is 12.1 Å². The molecule has 0 aliphatic heterocycles. The molecule has 30 heavy (non-hydrogen) atoms. The first kappa shape index (κ1) is 22.0. The predicted octanol–water partition coefficient (Wildman–Crippen LogP) is 2.09. The van der Waals surface area contributed by atoms with Crippen molar-refractivity contribution in [2.24, 2.45) is 4.99 Å². The predicted molar refractivity (Wildman–Crippen MR) is 121 cm³/mol. The van der Waals surface area contributed by atoms with Crippen molar-refractivity contribution in [3.05, 3.63) is 65.3 Å². The Morgan fingerprint density at radius 1 is 1.17 bits per heavy atom. The summed E-state index contributed by atoms with van der Waals surface area (Å²) in [6.45, 7) is 1.23. The van der Waals surface area contributed by atoms with Crippen LogP contribution in [-0.4, -0.2) is 56.2 Å². The molecule has 1 aromatic carbocycles. The molecule has 0 aliphatic rings. The maximum Gasteiger partial charge on any atom is 0.252 e. The maximum atomic E-state index is 12.2. The van der Waals surface area contributed by atoms with E-state index in [2.05, 4.69) is 32.9 Å². The summed E-state index contributed by atoms with van der Waals surface area (Å²) in [6.07, 6.45) is 4.53. The van der Waals surface area contributed by atoms with Gasteiger partial charge in [-0.25, -0.2) is 17.4 Å². The van der Waals surface area contributed by atoms with Crippen molar-refractivity contribution >= 4 is 27.3 Å². The third-order valence-corrected chi connectivity index (χ3v) is 7.80. The van der Waals surface area contributed by atoms with Crippen LogP contribution in [0.2, 0.25) is 0 Å². The summed E-state index contributed by atoms with van der Waals surface area (Å²) < 4.78 is 27.7. The molecule has 0 aliphatic carbocycles. The first-order valence-corrected chi connectivity index (χ1v) is 11.7. The summed E-state index contributed by atoms with van der Waals surface area (Å²) in [7, 11) is 1.39. The van der Waals surface area contributed by atoms with Crippen LogP contribution in [-0.2, 0) is 23.0 Å². The van der Waals surface area contributed by atoms with Crippen LogP contribution in [0.3, 0.4) is 0 Å². The van der Waals surface area contributed by atoms with E-state index in [-0.39, 0.29) is 0 Å². The van der Waals surface area contributed by atoms with Gasteiger partial charge < -0.3 is 10.6 Å². The lowest BCUT2D eigenvalue weighted by Crippen LogP contribution is -2.37. The van der Waals surface area contributed by atoms with Crippen LogP contribution in [0.25, 0.3) is 5.69 Å². The van der Waals surface area contributed by atoms with Crippen LogP contribution in [0, 0.1) is 0 Å². The zero-order valence-corrected chi connectivity index (χ0v) is 18.9. The van der Waals surface area contributed by atoms with Gasteiger partial charge in [0.2, 0.25) is 0 Å². The van der Waals surface area contributed by atoms with E-state index in [0.29, 0.717) is 16.7 Å². The standard InChI is InChI=1S/C20H26N6O2S2/c1-21-20(23-15-18-9-10-19(29-18)30(27,28)25(2)3)22-13-11-16-5-7-17(8-6-16)26-14-4-12-24-26/h4-10,12,14H,11,13,15H2,1-3H3,(H2,21,22,23). The lowest BCUT2D eigenvalue weighted by Gasteiger charge is -2.11. The second kappa shape index (κ2) is 9.88. The number of thiophene rings is 1. The second-order valence-electron chi connectivity index (χ2n) is 6.73. The molecule has 0 fully saturated rings. The molecule has 8 nitrogen and oxygen atoms in total. The van der Waals surface area contributed by atoms with E-state index in [1.54, 1.807) is 19.3 Å². The highest BCUT2D eigenvalue weighted by Crippen LogP contribution is 2.23. The fourth-order valence-electron chi connectivity index (χ4n) is 2.73. The van der Waals surface area contributed by atoms with E-state index in [4.69, 9.17) is 0 Å². The van der Waals surface area contributed by atoms with Gasteiger partial charge in [0.25, 0.3) is 10.0 Å². The monoisotopic (exact) mass is 446 g/mol. The molecule has 0 atom stereocenters. The van der Waals surface area contributed by atoms with Gasteiger partial charge in [-0.15, -0.1) is 11.3 Å². The molecule has 0 unspecified atom stereocenters. The van der Waals surface area contributed by atoms with Crippen molar-refractivity contribution in [2.75, 3.05) is 27.7 Å². The Bertz CT molecular complexity index is 1070. The maximum absolute atomic E-state index is 12.2. The van der Waals surface area contributed by atoms with Crippen molar-refractivity contribution < 1.29 is 8.42 Å². The quantitative estimate of drug-likeness (QED) is 0.408. The number of nitrogens with zero attached hydrogens (tertiary/aromatic N) is 4.